The number of fused-ring (bicyclic) bond motifs is 1. The maximum Gasteiger partial charge on any atom is 0.283 e. The van der Waals surface area contributed by atoms with Gasteiger partial charge in [-0.1, -0.05) is 25.1 Å². The third kappa shape index (κ3) is 4.00. The van der Waals surface area contributed by atoms with Crippen molar-refractivity contribution in [2.75, 3.05) is 19.5 Å². The van der Waals surface area contributed by atoms with Gasteiger partial charge < -0.3 is 25.2 Å². The number of rotatable bonds is 6. The molecule has 0 aliphatic carbocycles. The molecule has 3 aliphatic rings. The number of unbranched alkanes of at least 4 members (excludes halogenated alkanes) is 1. The van der Waals surface area contributed by atoms with E-state index in [1.165, 1.54) is 0 Å². The summed E-state index contributed by atoms with van der Waals surface area (Å²) >= 11 is 1.07. The number of carbonyl (C=O) groups is 2. The second-order valence-corrected chi connectivity index (χ2v) is 8.06. The van der Waals surface area contributed by atoms with E-state index in [1.807, 2.05) is 6.92 Å². The average Bonchev–Trinajstić information content (AvgIpc) is 3.27. The van der Waals surface area contributed by atoms with Crippen molar-refractivity contribution in [1.29, 1.82) is 0 Å². The number of nitrogens with one attached hydrogen (secondary N) is 1. The van der Waals surface area contributed by atoms with Gasteiger partial charge in [0, 0.05) is 6.42 Å². The summed E-state index contributed by atoms with van der Waals surface area (Å²) in [6, 6.07) is 0. The molecule has 0 aromatic carbocycles. The fourth-order valence-corrected chi connectivity index (χ4v) is 3.98. The van der Waals surface area contributed by atoms with Gasteiger partial charge >= 0.3 is 0 Å². The van der Waals surface area contributed by atoms with E-state index in [0.29, 0.717) is 6.42 Å². The molecule has 7 N–H and O–H groups in total. The Hall–Kier alpha value is -1.94. The van der Waals surface area contributed by atoms with Crippen LogP contribution in [0.25, 0.3) is 0 Å². The first-order valence-corrected chi connectivity index (χ1v) is 10.9. The van der Waals surface area contributed by atoms with Gasteiger partial charge in [-0.15, -0.1) is 0 Å². The van der Waals surface area contributed by atoms with Crippen molar-refractivity contribution in [1.82, 2.24) is 10.2 Å². The molecule has 0 radical (unpaired) electrons. The summed E-state index contributed by atoms with van der Waals surface area (Å²) in [7, 11) is 0. The summed E-state index contributed by atoms with van der Waals surface area (Å²) in [5, 5.41) is 43.5. The number of carbonyl (C=O) groups excluding carboxylic acids is 2. The fourth-order valence-electron chi connectivity index (χ4n) is 3.57. The number of aliphatic imine (C=N–C) groups is 3. The number of hydrogen-bond donors (Lipinski definition) is 6. The van der Waals surface area contributed by atoms with Gasteiger partial charge in [0.25, 0.3) is 17.5 Å². The summed E-state index contributed by atoms with van der Waals surface area (Å²) < 4.78 is 5.65. The Morgan fingerprint density at radius 2 is 2.13 bits per heavy atom. The molecule has 5 atom stereocenters. The number of imide groups is 1. The quantitative estimate of drug-likeness (QED) is 0.224. The molecule has 1 unspecified atom stereocenters. The van der Waals surface area contributed by atoms with Crippen molar-refractivity contribution in [3.63, 3.8) is 0 Å². The number of ether oxygens (including phenoxy) is 1. The Kier molecular flexibility index (Phi) is 6.81. The van der Waals surface area contributed by atoms with Crippen molar-refractivity contribution < 1.29 is 34.8 Å². The highest BCUT2D eigenvalue weighted by molar-refractivity contribution is 8.13. The molecular weight excluding hydrogens is 432 g/mol. The van der Waals surface area contributed by atoms with Gasteiger partial charge in [0.15, 0.2) is 11.0 Å². The summed E-state index contributed by atoms with van der Waals surface area (Å²) in [5.41, 5.74) is 3.29. The largest absolute Gasteiger partial charge is 0.394 e. The van der Waals surface area contributed by atoms with E-state index in [-0.39, 0.29) is 29.8 Å². The molecule has 31 heavy (non-hydrogen) atoms. The topological polar surface area (TPSA) is 203 Å². The van der Waals surface area contributed by atoms with Crippen LogP contribution < -0.4 is 11.1 Å². The van der Waals surface area contributed by atoms with E-state index in [1.54, 1.807) is 6.26 Å². The zero-order valence-electron chi connectivity index (χ0n) is 17.1. The Morgan fingerprint density at radius 3 is 2.71 bits per heavy atom. The molecule has 3 aliphatic heterocycles. The molecule has 14 heteroatoms. The lowest BCUT2D eigenvalue weighted by Gasteiger charge is -2.40. The van der Waals surface area contributed by atoms with Crippen LogP contribution in [0, 0.1) is 0 Å². The molecule has 1 fully saturated rings. The summed E-state index contributed by atoms with van der Waals surface area (Å²) in [5.74, 6) is -4.01. The van der Waals surface area contributed by atoms with Gasteiger partial charge in [-0.25, -0.2) is 9.98 Å². The molecular formula is C17H26N6O7S. The minimum Gasteiger partial charge on any atom is -0.394 e. The fraction of sp³-hybridized carbons (Fsp3) is 0.706. The molecule has 0 aromatic rings. The first-order chi connectivity index (χ1) is 14.6. The highest BCUT2D eigenvalue weighted by Crippen LogP contribution is 2.38. The molecule has 3 heterocycles. The number of aliphatic hydroxyl groups excluding tert-OH is 3. The van der Waals surface area contributed by atoms with Crippen molar-refractivity contribution in [2.45, 2.75) is 56.1 Å². The van der Waals surface area contributed by atoms with E-state index in [2.05, 4.69) is 20.3 Å². The molecule has 1 saturated heterocycles. The van der Waals surface area contributed by atoms with Gasteiger partial charge in [-0.05, 0) is 12.7 Å². The van der Waals surface area contributed by atoms with E-state index < -0.39 is 48.3 Å². The number of thioether (sulfide) groups is 1. The minimum absolute atomic E-state index is 0.0644. The van der Waals surface area contributed by atoms with Gasteiger partial charge in [-0.2, -0.15) is 0 Å². The Balaban J connectivity index is 2.03. The zero-order valence-corrected chi connectivity index (χ0v) is 17.9. The minimum atomic E-state index is -2.37. The molecule has 172 valence electrons. The van der Waals surface area contributed by atoms with Gasteiger partial charge in [-0.3, -0.25) is 30.5 Å². The maximum absolute atomic E-state index is 13.2. The van der Waals surface area contributed by atoms with Gasteiger partial charge in [0.2, 0.25) is 5.91 Å². The first kappa shape index (κ1) is 23.7. The van der Waals surface area contributed by atoms with E-state index in [0.717, 1.165) is 23.1 Å². The number of amidine groups is 2. The van der Waals surface area contributed by atoms with Crippen LogP contribution in [0.3, 0.4) is 0 Å². The highest BCUT2D eigenvalue weighted by atomic mass is 32.2. The zero-order chi connectivity index (χ0) is 23.0. The predicted octanol–water partition coefficient (Wildman–Crippen LogP) is -2.92. The highest BCUT2D eigenvalue weighted by Gasteiger charge is 2.65. The maximum atomic E-state index is 13.2. The number of aliphatic hydroxyl groups is 4. The normalized spacial score (nSPS) is 34.7. The molecule has 3 rings (SSSR count). The number of nitrogens with zero attached hydrogens (tertiary/aromatic N) is 4. The smallest absolute Gasteiger partial charge is 0.283 e. The summed E-state index contributed by atoms with van der Waals surface area (Å²) in [6.45, 7) is 0.832. The van der Waals surface area contributed by atoms with Crippen molar-refractivity contribution in [3.05, 3.63) is 0 Å². The second-order valence-electron chi connectivity index (χ2n) is 7.29. The van der Waals surface area contributed by atoms with E-state index >= 15 is 0 Å². The standard InChI is InChI=1S/C17H26N6O7S/c1-3-4-5-9(25)20-14(28)16(12(27)10(26)8(6-24)30-16)23-7-19-11-13(23)21-15(31-2)22-17(11,18)29/h8,10,12,24,26-27,29H,3-7,18H2,1-2H3,(H,20,25,28)/t8-,10-,12-,16+,17?/m1/s1. The number of nitrogens with two attached hydrogens (primary N) is 1. The van der Waals surface area contributed by atoms with Crippen LogP contribution in [-0.2, 0) is 14.3 Å². The SMILES string of the molecule is CCCCC(=O)NC(=O)[C@@]1(N2CN=C3C2=NC(SC)=NC3(N)O)O[C@H](CO)[C@@H](O)[C@H]1O. The third-order valence-corrected chi connectivity index (χ3v) is 5.74. The second kappa shape index (κ2) is 8.90. The van der Waals surface area contributed by atoms with Crippen molar-refractivity contribution in [2.24, 2.45) is 20.7 Å². The molecule has 0 bridgehead atoms. The third-order valence-electron chi connectivity index (χ3n) is 5.19. The van der Waals surface area contributed by atoms with Crippen molar-refractivity contribution in [3.8, 4) is 0 Å². The molecule has 0 spiro atoms. The number of amides is 2. The first-order valence-electron chi connectivity index (χ1n) is 9.68. The average molecular weight is 458 g/mol. The van der Waals surface area contributed by atoms with E-state index in [4.69, 9.17) is 10.5 Å². The van der Waals surface area contributed by atoms with Crippen LogP contribution in [0.2, 0.25) is 0 Å². The lowest BCUT2D eigenvalue weighted by atomic mass is 9.99. The van der Waals surface area contributed by atoms with Crippen LogP contribution in [-0.4, -0.2) is 103 Å². The summed E-state index contributed by atoms with van der Waals surface area (Å²) in [6.07, 6.45) is -1.90. The van der Waals surface area contributed by atoms with Gasteiger partial charge in [0.1, 0.15) is 30.7 Å². The summed E-state index contributed by atoms with van der Waals surface area (Å²) in [4.78, 5) is 38.7. The predicted molar refractivity (Wildman–Crippen MR) is 111 cm³/mol. The Bertz CT molecular complexity index is 847. The van der Waals surface area contributed by atoms with Crippen LogP contribution in [0.5, 0.6) is 0 Å². The van der Waals surface area contributed by atoms with Crippen LogP contribution in [0.15, 0.2) is 15.0 Å². The molecule has 2 amide bonds. The lowest BCUT2D eigenvalue weighted by Crippen LogP contribution is -2.68. The Morgan fingerprint density at radius 1 is 1.42 bits per heavy atom. The molecule has 0 aromatic heterocycles. The number of hydrogen-bond acceptors (Lipinski definition) is 13. The molecule has 0 saturated carbocycles. The lowest BCUT2D eigenvalue weighted by molar-refractivity contribution is -0.183. The van der Waals surface area contributed by atoms with E-state index in [9.17, 15) is 30.0 Å². The monoisotopic (exact) mass is 458 g/mol. The van der Waals surface area contributed by atoms with Gasteiger partial charge in [0.05, 0.1) is 6.61 Å². The Labute approximate surface area is 182 Å². The van der Waals surface area contributed by atoms with Crippen LogP contribution >= 0.6 is 11.8 Å². The van der Waals surface area contributed by atoms with Crippen molar-refractivity contribution >= 4 is 40.3 Å². The van der Waals surface area contributed by atoms with Crippen LogP contribution in [0.4, 0.5) is 0 Å². The molecule has 13 nitrogen and oxygen atoms in total. The van der Waals surface area contributed by atoms with Crippen LogP contribution in [0.1, 0.15) is 26.2 Å².